The van der Waals surface area contributed by atoms with Crippen molar-refractivity contribution in [1.29, 1.82) is 0 Å². The number of methoxy groups -OCH3 is 1. The van der Waals surface area contributed by atoms with Gasteiger partial charge >= 0.3 is 0 Å². The minimum atomic E-state index is -0.274. The lowest BCUT2D eigenvalue weighted by Gasteiger charge is -2.12. The van der Waals surface area contributed by atoms with Crippen molar-refractivity contribution >= 4 is 34.8 Å². The molecule has 6 nitrogen and oxygen atoms in total. The summed E-state index contributed by atoms with van der Waals surface area (Å²) < 4.78 is 4.87. The molecule has 1 rings (SSSR count). The Morgan fingerprint density at radius 2 is 2.00 bits per heavy atom. The molecule has 0 saturated heterocycles. The number of anilines is 1. The van der Waals surface area contributed by atoms with E-state index in [2.05, 4.69) is 16.0 Å². The number of carbonyl (C=O) groups is 2. The molecule has 0 unspecified atom stereocenters. The molecule has 0 atom stereocenters. The van der Waals surface area contributed by atoms with Gasteiger partial charge in [-0.3, -0.25) is 9.59 Å². The van der Waals surface area contributed by atoms with Crippen LogP contribution in [0, 0.1) is 0 Å². The number of hydrogen-bond donors (Lipinski definition) is 3. The van der Waals surface area contributed by atoms with Crippen LogP contribution in [-0.2, 0) is 9.53 Å². The maximum absolute atomic E-state index is 12.0. The van der Waals surface area contributed by atoms with Crippen LogP contribution in [0.3, 0.4) is 0 Å². The first-order chi connectivity index (χ1) is 9.54. The third kappa shape index (κ3) is 5.33. The van der Waals surface area contributed by atoms with E-state index in [9.17, 15) is 9.59 Å². The van der Waals surface area contributed by atoms with Crippen LogP contribution in [0.2, 0.25) is 0 Å². The summed E-state index contributed by atoms with van der Waals surface area (Å²) in [6, 6.07) is 6.89. The maximum Gasteiger partial charge on any atom is 0.253 e. The van der Waals surface area contributed by atoms with Gasteiger partial charge in [-0.2, -0.15) is 0 Å². The minimum Gasteiger partial charge on any atom is -0.383 e. The van der Waals surface area contributed by atoms with Crippen molar-refractivity contribution < 1.29 is 14.3 Å². The number of benzene rings is 1. The molecule has 0 aromatic heterocycles. The summed E-state index contributed by atoms with van der Waals surface area (Å²) in [6.07, 6.45) is 0. The second-order valence-corrected chi connectivity index (χ2v) is 4.34. The third-order valence-corrected chi connectivity index (χ3v) is 2.51. The van der Waals surface area contributed by atoms with Crippen LogP contribution >= 0.6 is 12.2 Å². The average molecular weight is 295 g/mol. The maximum atomic E-state index is 12.0. The number of para-hydroxylation sites is 1. The van der Waals surface area contributed by atoms with Crippen molar-refractivity contribution in [2.75, 3.05) is 25.6 Å². The highest BCUT2D eigenvalue weighted by Crippen LogP contribution is 2.14. The van der Waals surface area contributed by atoms with Gasteiger partial charge in [0.15, 0.2) is 5.11 Å². The molecule has 0 aliphatic rings. The Hall–Kier alpha value is -1.99. The normalized spacial score (nSPS) is 9.70. The molecule has 108 valence electrons. The smallest absolute Gasteiger partial charge is 0.253 e. The zero-order valence-electron chi connectivity index (χ0n) is 11.4. The first kappa shape index (κ1) is 16.1. The number of amides is 2. The van der Waals surface area contributed by atoms with E-state index < -0.39 is 0 Å². The number of nitrogens with one attached hydrogen (secondary N) is 3. The molecule has 0 radical (unpaired) electrons. The molecule has 20 heavy (non-hydrogen) atoms. The van der Waals surface area contributed by atoms with E-state index in [-0.39, 0.29) is 16.9 Å². The van der Waals surface area contributed by atoms with E-state index in [1.165, 1.54) is 6.92 Å². The summed E-state index contributed by atoms with van der Waals surface area (Å²) in [7, 11) is 1.56. The van der Waals surface area contributed by atoms with Gasteiger partial charge in [-0.25, -0.2) is 0 Å². The largest absolute Gasteiger partial charge is 0.383 e. The van der Waals surface area contributed by atoms with Crippen molar-refractivity contribution in [3.8, 4) is 0 Å². The van der Waals surface area contributed by atoms with Crippen molar-refractivity contribution in [3.05, 3.63) is 29.8 Å². The Labute approximate surface area is 122 Å². The topological polar surface area (TPSA) is 79.5 Å². The Morgan fingerprint density at radius 3 is 2.65 bits per heavy atom. The molecule has 2 amide bonds. The highest BCUT2D eigenvalue weighted by Gasteiger charge is 2.11. The second-order valence-electron chi connectivity index (χ2n) is 3.93. The van der Waals surface area contributed by atoms with Gasteiger partial charge in [0.05, 0.1) is 17.9 Å². The zero-order valence-corrected chi connectivity index (χ0v) is 12.2. The van der Waals surface area contributed by atoms with Gasteiger partial charge in [-0.05, 0) is 24.4 Å². The van der Waals surface area contributed by atoms with Gasteiger partial charge in [0.2, 0.25) is 5.91 Å². The van der Waals surface area contributed by atoms with Gasteiger partial charge < -0.3 is 20.7 Å². The molecule has 0 saturated carbocycles. The van der Waals surface area contributed by atoms with Gasteiger partial charge in [-0.1, -0.05) is 12.1 Å². The Balaban J connectivity index is 2.74. The first-order valence-corrected chi connectivity index (χ1v) is 6.40. The molecule has 0 spiro atoms. The SMILES string of the molecule is COCCNC(=O)c1ccccc1NC(=S)NC(C)=O. The molecule has 0 bridgehead atoms. The van der Waals surface area contributed by atoms with Crippen LogP contribution in [0.5, 0.6) is 0 Å². The first-order valence-electron chi connectivity index (χ1n) is 5.99. The van der Waals surface area contributed by atoms with Crippen LogP contribution in [0.4, 0.5) is 5.69 Å². The highest BCUT2D eigenvalue weighted by atomic mass is 32.1. The van der Waals surface area contributed by atoms with E-state index in [0.717, 1.165) is 0 Å². The molecular weight excluding hydrogens is 278 g/mol. The number of rotatable bonds is 5. The van der Waals surface area contributed by atoms with Crippen molar-refractivity contribution in [3.63, 3.8) is 0 Å². The predicted molar refractivity (Wildman–Crippen MR) is 80.7 cm³/mol. The number of thiocarbonyl (C=S) groups is 1. The molecule has 0 fully saturated rings. The van der Waals surface area contributed by atoms with E-state index in [0.29, 0.717) is 24.4 Å². The van der Waals surface area contributed by atoms with Crippen LogP contribution in [0.1, 0.15) is 17.3 Å². The van der Waals surface area contributed by atoms with Gasteiger partial charge in [0.1, 0.15) is 0 Å². The van der Waals surface area contributed by atoms with E-state index in [4.69, 9.17) is 17.0 Å². The fraction of sp³-hybridized carbons (Fsp3) is 0.308. The Morgan fingerprint density at radius 1 is 1.30 bits per heavy atom. The fourth-order valence-corrected chi connectivity index (χ4v) is 1.72. The fourth-order valence-electron chi connectivity index (χ4n) is 1.47. The lowest BCUT2D eigenvalue weighted by Crippen LogP contribution is -2.33. The van der Waals surface area contributed by atoms with Crippen molar-refractivity contribution in [2.45, 2.75) is 6.92 Å². The zero-order chi connectivity index (χ0) is 15.0. The van der Waals surface area contributed by atoms with Crippen LogP contribution in [0.15, 0.2) is 24.3 Å². The summed E-state index contributed by atoms with van der Waals surface area (Å²) in [5, 5.41) is 8.13. The van der Waals surface area contributed by atoms with Gasteiger partial charge in [0.25, 0.3) is 5.91 Å². The van der Waals surface area contributed by atoms with E-state index in [1.807, 2.05) is 0 Å². The number of carbonyl (C=O) groups excluding carboxylic acids is 2. The number of ether oxygens (including phenoxy) is 1. The highest BCUT2D eigenvalue weighted by molar-refractivity contribution is 7.80. The summed E-state index contributed by atoms with van der Waals surface area (Å²) in [6.45, 7) is 2.21. The summed E-state index contributed by atoms with van der Waals surface area (Å²) in [4.78, 5) is 22.9. The quantitative estimate of drug-likeness (QED) is 0.555. The van der Waals surface area contributed by atoms with Crippen LogP contribution in [0.25, 0.3) is 0 Å². The Bertz CT molecular complexity index is 505. The lowest BCUT2D eigenvalue weighted by molar-refractivity contribution is -0.117. The third-order valence-electron chi connectivity index (χ3n) is 2.30. The number of hydrogen-bond acceptors (Lipinski definition) is 4. The van der Waals surface area contributed by atoms with Crippen LogP contribution < -0.4 is 16.0 Å². The minimum absolute atomic E-state index is 0.148. The predicted octanol–water partition coefficient (Wildman–Crippen LogP) is 0.896. The standard InChI is InChI=1S/C13H17N3O3S/c1-9(17)15-13(20)16-11-6-4-3-5-10(11)12(18)14-7-8-19-2/h3-6H,7-8H2,1-2H3,(H,14,18)(H2,15,16,17,20). The summed E-state index contributed by atoms with van der Waals surface area (Å²) >= 11 is 4.97. The Kier molecular flexibility index (Phi) is 6.61. The average Bonchev–Trinajstić information content (AvgIpc) is 2.38. The van der Waals surface area contributed by atoms with Gasteiger partial charge in [-0.15, -0.1) is 0 Å². The lowest BCUT2D eigenvalue weighted by atomic mass is 10.1. The molecule has 1 aromatic carbocycles. The molecule has 0 aliphatic carbocycles. The van der Waals surface area contributed by atoms with E-state index >= 15 is 0 Å². The molecular formula is C13H17N3O3S. The molecule has 7 heteroatoms. The van der Waals surface area contributed by atoms with Crippen molar-refractivity contribution in [1.82, 2.24) is 10.6 Å². The van der Waals surface area contributed by atoms with Crippen LogP contribution in [-0.4, -0.2) is 37.2 Å². The summed E-state index contributed by atoms with van der Waals surface area (Å²) in [5.74, 6) is -0.514. The molecule has 1 aromatic rings. The second kappa shape index (κ2) is 8.23. The molecule has 3 N–H and O–H groups in total. The molecule has 0 aliphatic heterocycles. The monoisotopic (exact) mass is 295 g/mol. The van der Waals surface area contributed by atoms with E-state index in [1.54, 1.807) is 31.4 Å². The van der Waals surface area contributed by atoms with Crippen molar-refractivity contribution in [2.24, 2.45) is 0 Å². The summed E-state index contributed by atoms with van der Waals surface area (Å²) in [5.41, 5.74) is 0.970. The van der Waals surface area contributed by atoms with Gasteiger partial charge in [0, 0.05) is 20.6 Å². The molecule has 0 heterocycles.